The van der Waals surface area contributed by atoms with E-state index in [1.807, 2.05) is 50.2 Å². The van der Waals surface area contributed by atoms with Crippen LogP contribution in [0.3, 0.4) is 0 Å². The highest BCUT2D eigenvalue weighted by atomic mass is 16.5. The Bertz CT molecular complexity index is 1010. The Morgan fingerprint density at radius 3 is 2.50 bits per heavy atom. The molecule has 146 valence electrons. The molecule has 1 N–H and O–H groups in total. The van der Waals surface area contributed by atoms with E-state index in [0.29, 0.717) is 29.4 Å². The SMILES string of the molecule is CCOc1cccn2c(C(=O)CC(CC(=O)O)c3ccc(C)cc3)c(C)nc12. The number of hydrogen-bond donors (Lipinski definition) is 1. The lowest BCUT2D eigenvalue weighted by Crippen LogP contribution is -2.14. The number of fused-ring (bicyclic) bond motifs is 1. The first-order valence-corrected chi connectivity index (χ1v) is 9.32. The Kier molecular flexibility index (Phi) is 5.78. The highest BCUT2D eigenvalue weighted by Gasteiger charge is 2.24. The Labute approximate surface area is 163 Å². The van der Waals surface area contributed by atoms with Crippen molar-refractivity contribution >= 4 is 17.4 Å². The molecule has 0 fully saturated rings. The third-order valence-electron chi connectivity index (χ3n) is 4.75. The van der Waals surface area contributed by atoms with Crippen LogP contribution in [0.4, 0.5) is 0 Å². The lowest BCUT2D eigenvalue weighted by molar-refractivity contribution is -0.137. The van der Waals surface area contributed by atoms with Crippen molar-refractivity contribution in [2.45, 2.75) is 39.5 Å². The van der Waals surface area contributed by atoms with Gasteiger partial charge in [-0.15, -0.1) is 0 Å². The Morgan fingerprint density at radius 2 is 1.86 bits per heavy atom. The fraction of sp³-hybridized carbons (Fsp3) is 0.318. The van der Waals surface area contributed by atoms with Gasteiger partial charge in [0.1, 0.15) is 5.69 Å². The number of carboxylic acids is 1. The molecule has 0 bridgehead atoms. The molecule has 2 heterocycles. The molecule has 6 heteroatoms. The zero-order valence-electron chi connectivity index (χ0n) is 16.3. The van der Waals surface area contributed by atoms with Crippen LogP contribution in [0.2, 0.25) is 0 Å². The second-order valence-corrected chi connectivity index (χ2v) is 6.88. The molecule has 1 unspecified atom stereocenters. The summed E-state index contributed by atoms with van der Waals surface area (Å²) in [5.41, 5.74) is 3.61. The minimum atomic E-state index is -0.924. The summed E-state index contributed by atoms with van der Waals surface area (Å²) >= 11 is 0. The number of aliphatic carboxylic acids is 1. The molecule has 28 heavy (non-hydrogen) atoms. The smallest absolute Gasteiger partial charge is 0.303 e. The van der Waals surface area contributed by atoms with Crippen molar-refractivity contribution in [3.63, 3.8) is 0 Å². The largest absolute Gasteiger partial charge is 0.490 e. The van der Waals surface area contributed by atoms with Gasteiger partial charge in [-0.1, -0.05) is 29.8 Å². The number of carboxylic acid groups (broad SMARTS) is 1. The molecular weight excluding hydrogens is 356 g/mol. The average Bonchev–Trinajstić information content (AvgIpc) is 2.98. The first kappa shape index (κ1) is 19.6. The van der Waals surface area contributed by atoms with Gasteiger partial charge in [-0.25, -0.2) is 4.98 Å². The molecule has 3 aromatic rings. The Morgan fingerprint density at radius 1 is 1.14 bits per heavy atom. The first-order chi connectivity index (χ1) is 13.4. The van der Waals surface area contributed by atoms with E-state index in [4.69, 9.17) is 4.74 Å². The van der Waals surface area contributed by atoms with Gasteiger partial charge in [-0.2, -0.15) is 0 Å². The maximum absolute atomic E-state index is 13.1. The average molecular weight is 380 g/mol. The summed E-state index contributed by atoms with van der Waals surface area (Å²) in [6, 6.07) is 11.3. The number of aromatic nitrogens is 2. The van der Waals surface area contributed by atoms with Crippen LogP contribution < -0.4 is 4.74 Å². The normalized spacial score (nSPS) is 12.1. The minimum absolute atomic E-state index is 0.100. The molecular formula is C22H24N2O4. The fourth-order valence-electron chi connectivity index (χ4n) is 3.44. The van der Waals surface area contributed by atoms with E-state index in [9.17, 15) is 14.7 Å². The van der Waals surface area contributed by atoms with E-state index in [1.54, 1.807) is 17.5 Å². The summed E-state index contributed by atoms with van der Waals surface area (Å²) in [6.07, 6.45) is 1.78. The maximum Gasteiger partial charge on any atom is 0.303 e. The van der Waals surface area contributed by atoms with Gasteiger partial charge in [0.2, 0.25) is 0 Å². The zero-order valence-corrected chi connectivity index (χ0v) is 16.3. The number of Topliss-reactive ketones (excluding diaryl/α,β-unsaturated/α-hetero) is 1. The summed E-state index contributed by atoms with van der Waals surface area (Å²) in [4.78, 5) is 29.0. The van der Waals surface area contributed by atoms with Crippen molar-refractivity contribution in [3.05, 3.63) is 65.1 Å². The molecule has 0 amide bonds. The molecule has 0 saturated carbocycles. The topological polar surface area (TPSA) is 80.9 Å². The highest BCUT2D eigenvalue weighted by Crippen LogP contribution is 2.28. The van der Waals surface area contributed by atoms with Crippen molar-refractivity contribution < 1.29 is 19.4 Å². The molecule has 0 spiro atoms. The molecule has 3 rings (SSSR count). The van der Waals surface area contributed by atoms with Crippen LogP contribution in [-0.4, -0.2) is 32.9 Å². The number of ether oxygens (including phenoxy) is 1. The Balaban J connectivity index is 1.95. The summed E-state index contributed by atoms with van der Waals surface area (Å²) in [5.74, 6) is -0.837. The van der Waals surface area contributed by atoms with Crippen molar-refractivity contribution in [1.29, 1.82) is 0 Å². The van der Waals surface area contributed by atoms with Crippen LogP contribution in [0.5, 0.6) is 5.75 Å². The van der Waals surface area contributed by atoms with E-state index in [-0.39, 0.29) is 18.6 Å². The third-order valence-corrected chi connectivity index (χ3v) is 4.75. The molecule has 1 aromatic carbocycles. The van der Waals surface area contributed by atoms with Gasteiger partial charge in [0.15, 0.2) is 17.2 Å². The predicted octanol–water partition coefficient (Wildman–Crippen LogP) is 4.18. The highest BCUT2D eigenvalue weighted by molar-refractivity contribution is 5.97. The minimum Gasteiger partial charge on any atom is -0.490 e. The number of ketones is 1. The lowest BCUT2D eigenvalue weighted by Gasteiger charge is -2.15. The number of aryl methyl sites for hydroxylation is 2. The number of rotatable bonds is 8. The second-order valence-electron chi connectivity index (χ2n) is 6.88. The van der Waals surface area contributed by atoms with Crippen molar-refractivity contribution in [2.75, 3.05) is 6.61 Å². The van der Waals surface area contributed by atoms with Crippen LogP contribution in [0.1, 0.15) is 53.0 Å². The van der Waals surface area contributed by atoms with Gasteiger partial charge in [0.05, 0.1) is 18.7 Å². The van der Waals surface area contributed by atoms with Gasteiger partial charge in [-0.3, -0.25) is 14.0 Å². The van der Waals surface area contributed by atoms with Crippen LogP contribution in [-0.2, 0) is 4.79 Å². The molecule has 2 aromatic heterocycles. The second kappa shape index (κ2) is 8.25. The number of imidazole rings is 1. The van der Waals surface area contributed by atoms with Gasteiger partial charge in [0.25, 0.3) is 0 Å². The maximum atomic E-state index is 13.1. The molecule has 0 aliphatic rings. The van der Waals surface area contributed by atoms with E-state index < -0.39 is 11.9 Å². The molecule has 0 aliphatic heterocycles. The number of carbonyl (C=O) groups is 2. The van der Waals surface area contributed by atoms with Gasteiger partial charge >= 0.3 is 5.97 Å². The number of pyridine rings is 1. The van der Waals surface area contributed by atoms with Crippen LogP contribution in [0, 0.1) is 13.8 Å². The van der Waals surface area contributed by atoms with Crippen molar-refractivity contribution in [3.8, 4) is 5.75 Å². The fourth-order valence-corrected chi connectivity index (χ4v) is 3.44. The molecule has 0 radical (unpaired) electrons. The first-order valence-electron chi connectivity index (χ1n) is 9.32. The predicted molar refractivity (Wildman–Crippen MR) is 106 cm³/mol. The quantitative estimate of drug-likeness (QED) is 0.593. The molecule has 1 atom stereocenters. The van der Waals surface area contributed by atoms with E-state index in [2.05, 4.69) is 4.98 Å². The van der Waals surface area contributed by atoms with Crippen LogP contribution >= 0.6 is 0 Å². The Hall–Kier alpha value is -3.15. The number of benzene rings is 1. The molecule has 0 saturated heterocycles. The van der Waals surface area contributed by atoms with Gasteiger partial charge in [-0.05, 0) is 38.5 Å². The third kappa shape index (κ3) is 4.06. The summed E-state index contributed by atoms with van der Waals surface area (Å²) in [7, 11) is 0. The van der Waals surface area contributed by atoms with Gasteiger partial charge in [0, 0.05) is 18.5 Å². The van der Waals surface area contributed by atoms with E-state index >= 15 is 0 Å². The zero-order chi connectivity index (χ0) is 20.3. The molecule has 6 nitrogen and oxygen atoms in total. The summed E-state index contributed by atoms with van der Waals surface area (Å²) in [6.45, 7) is 6.15. The standard InChI is InChI=1S/C22H24N2O4/c1-4-28-19-6-5-11-24-21(15(3)23-22(19)24)18(25)12-17(13-20(26)27)16-9-7-14(2)8-10-16/h5-11,17H,4,12-13H2,1-3H3,(H,26,27). The summed E-state index contributed by atoms with van der Waals surface area (Å²) in [5, 5.41) is 9.32. The van der Waals surface area contributed by atoms with Crippen molar-refractivity contribution in [1.82, 2.24) is 9.38 Å². The summed E-state index contributed by atoms with van der Waals surface area (Å²) < 4.78 is 7.34. The van der Waals surface area contributed by atoms with E-state index in [0.717, 1.165) is 11.1 Å². The van der Waals surface area contributed by atoms with Crippen molar-refractivity contribution in [2.24, 2.45) is 0 Å². The van der Waals surface area contributed by atoms with Crippen LogP contribution in [0.25, 0.3) is 5.65 Å². The monoisotopic (exact) mass is 380 g/mol. The number of carbonyl (C=O) groups excluding carboxylic acids is 1. The van der Waals surface area contributed by atoms with Crippen LogP contribution in [0.15, 0.2) is 42.6 Å². The number of nitrogens with zero attached hydrogens (tertiary/aromatic N) is 2. The molecule has 0 aliphatic carbocycles. The van der Waals surface area contributed by atoms with E-state index in [1.165, 1.54) is 0 Å². The van der Waals surface area contributed by atoms with Gasteiger partial charge < -0.3 is 9.84 Å². The lowest BCUT2D eigenvalue weighted by atomic mass is 9.89. The number of hydrogen-bond acceptors (Lipinski definition) is 4.